The first-order chi connectivity index (χ1) is 11.0. The molecule has 1 fully saturated rings. The minimum absolute atomic E-state index is 0.0254. The van der Waals surface area contributed by atoms with Crippen molar-refractivity contribution in [3.8, 4) is 0 Å². The third-order valence-corrected chi connectivity index (χ3v) is 4.26. The molecule has 0 bridgehead atoms. The molecule has 124 valence electrons. The highest BCUT2D eigenvalue weighted by molar-refractivity contribution is 5.79. The molecule has 0 saturated carbocycles. The lowest BCUT2D eigenvalue weighted by Gasteiger charge is -2.30. The van der Waals surface area contributed by atoms with Gasteiger partial charge in [0, 0.05) is 32.5 Å². The molecule has 7 heteroatoms. The van der Waals surface area contributed by atoms with Crippen LogP contribution in [0.25, 0.3) is 0 Å². The second-order valence-electron chi connectivity index (χ2n) is 6.11. The molecule has 2 aromatic heterocycles. The molecule has 2 aromatic rings. The van der Waals surface area contributed by atoms with Crippen molar-refractivity contribution in [3.05, 3.63) is 35.4 Å². The highest BCUT2D eigenvalue weighted by Gasteiger charge is 2.33. The summed E-state index contributed by atoms with van der Waals surface area (Å²) in [5.41, 5.74) is 2.90. The van der Waals surface area contributed by atoms with Gasteiger partial charge in [-0.1, -0.05) is 0 Å². The Morgan fingerprint density at radius 3 is 2.96 bits per heavy atom. The number of rotatable bonds is 4. The third-order valence-electron chi connectivity index (χ3n) is 4.26. The Balaban J connectivity index is 1.67. The maximum absolute atomic E-state index is 12.6. The van der Waals surface area contributed by atoms with Gasteiger partial charge in [-0.05, 0) is 25.8 Å². The van der Waals surface area contributed by atoms with Gasteiger partial charge in [0.15, 0.2) is 0 Å². The molecule has 1 saturated heterocycles. The molecule has 0 unspecified atom stereocenters. The van der Waals surface area contributed by atoms with Crippen LogP contribution in [0.1, 0.15) is 35.9 Å². The monoisotopic (exact) mass is 317 g/mol. The lowest BCUT2D eigenvalue weighted by atomic mass is 9.90. The summed E-state index contributed by atoms with van der Waals surface area (Å²) in [4.78, 5) is 12.6. The highest BCUT2D eigenvalue weighted by atomic mass is 16.5. The van der Waals surface area contributed by atoms with Crippen molar-refractivity contribution in [2.75, 3.05) is 6.61 Å². The summed E-state index contributed by atoms with van der Waals surface area (Å²) in [5.74, 6) is -0.153. The van der Waals surface area contributed by atoms with Gasteiger partial charge < -0.3 is 10.1 Å². The van der Waals surface area contributed by atoms with Crippen LogP contribution in [0.2, 0.25) is 0 Å². The predicted molar refractivity (Wildman–Crippen MR) is 84.4 cm³/mol. The third kappa shape index (κ3) is 3.44. The smallest absolute Gasteiger partial charge is 0.226 e. The minimum atomic E-state index is -0.217. The number of ether oxygens (including phenoxy) is 1. The van der Waals surface area contributed by atoms with Crippen molar-refractivity contribution >= 4 is 5.91 Å². The number of carbonyl (C=O) groups is 1. The Bertz CT molecular complexity index is 690. The van der Waals surface area contributed by atoms with Gasteiger partial charge in [-0.2, -0.15) is 10.2 Å². The van der Waals surface area contributed by atoms with E-state index in [4.69, 9.17) is 4.74 Å². The van der Waals surface area contributed by atoms with E-state index >= 15 is 0 Å². The van der Waals surface area contributed by atoms with Crippen molar-refractivity contribution in [1.82, 2.24) is 24.9 Å². The molecule has 1 amide bonds. The van der Waals surface area contributed by atoms with Gasteiger partial charge in [-0.3, -0.25) is 14.2 Å². The number of hydrogen-bond donors (Lipinski definition) is 1. The van der Waals surface area contributed by atoms with Crippen LogP contribution in [0.3, 0.4) is 0 Å². The van der Waals surface area contributed by atoms with Crippen LogP contribution in [0.5, 0.6) is 0 Å². The predicted octanol–water partition coefficient (Wildman–Crippen LogP) is 1.25. The normalized spacial score (nSPS) is 21.3. The van der Waals surface area contributed by atoms with E-state index in [0.717, 1.165) is 29.8 Å². The van der Waals surface area contributed by atoms with Gasteiger partial charge >= 0.3 is 0 Å². The lowest BCUT2D eigenvalue weighted by molar-refractivity contribution is -0.134. The second-order valence-corrected chi connectivity index (χ2v) is 6.11. The van der Waals surface area contributed by atoms with E-state index < -0.39 is 0 Å². The zero-order valence-corrected chi connectivity index (χ0v) is 13.8. The van der Waals surface area contributed by atoms with Gasteiger partial charge in [-0.15, -0.1) is 0 Å². The summed E-state index contributed by atoms with van der Waals surface area (Å²) < 4.78 is 9.39. The van der Waals surface area contributed by atoms with E-state index in [2.05, 4.69) is 15.5 Å². The number of carbonyl (C=O) groups excluding carboxylic acids is 1. The van der Waals surface area contributed by atoms with Crippen molar-refractivity contribution in [3.63, 3.8) is 0 Å². The number of nitrogens with one attached hydrogen (secondary N) is 1. The molecule has 0 aromatic carbocycles. The van der Waals surface area contributed by atoms with Crippen molar-refractivity contribution in [2.45, 2.75) is 32.4 Å². The minimum Gasteiger partial charge on any atom is -0.373 e. The fourth-order valence-electron chi connectivity index (χ4n) is 3.10. The fraction of sp³-hybridized carbons (Fsp3) is 0.562. The lowest BCUT2D eigenvalue weighted by Crippen LogP contribution is -2.37. The summed E-state index contributed by atoms with van der Waals surface area (Å²) in [7, 11) is 3.75. The Morgan fingerprint density at radius 2 is 2.30 bits per heavy atom. The molecule has 3 heterocycles. The number of aromatic nitrogens is 4. The molecular weight excluding hydrogens is 294 g/mol. The highest BCUT2D eigenvalue weighted by Crippen LogP contribution is 2.33. The van der Waals surface area contributed by atoms with Crippen LogP contribution < -0.4 is 5.32 Å². The molecular formula is C16H23N5O2. The molecule has 3 rings (SSSR count). The van der Waals surface area contributed by atoms with Crippen molar-refractivity contribution < 1.29 is 9.53 Å². The van der Waals surface area contributed by atoms with Crippen LogP contribution in [0, 0.1) is 12.8 Å². The largest absolute Gasteiger partial charge is 0.373 e. The van der Waals surface area contributed by atoms with E-state index in [1.165, 1.54) is 0 Å². The van der Waals surface area contributed by atoms with E-state index in [1.807, 2.05) is 33.3 Å². The topological polar surface area (TPSA) is 74.0 Å². The van der Waals surface area contributed by atoms with Crippen LogP contribution in [0.15, 0.2) is 18.5 Å². The van der Waals surface area contributed by atoms with Crippen LogP contribution in [-0.4, -0.2) is 32.1 Å². The van der Waals surface area contributed by atoms with E-state index in [0.29, 0.717) is 13.2 Å². The van der Waals surface area contributed by atoms with E-state index in [9.17, 15) is 4.79 Å². The summed E-state index contributed by atoms with van der Waals surface area (Å²) >= 11 is 0. The summed E-state index contributed by atoms with van der Waals surface area (Å²) in [5, 5.41) is 11.5. The number of amides is 1. The summed E-state index contributed by atoms with van der Waals surface area (Å²) in [6.45, 7) is 3.11. The summed E-state index contributed by atoms with van der Waals surface area (Å²) in [6, 6.07) is 1.98. The molecule has 2 atom stereocenters. The average molecular weight is 317 g/mol. The number of nitrogens with zero attached hydrogens (tertiary/aromatic N) is 4. The van der Waals surface area contributed by atoms with E-state index in [-0.39, 0.29) is 17.9 Å². The zero-order chi connectivity index (χ0) is 16.4. The Labute approximate surface area is 135 Å². The quantitative estimate of drug-likeness (QED) is 0.921. The second kappa shape index (κ2) is 6.54. The maximum atomic E-state index is 12.6. The van der Waals surface area contributed by atoms with Gasteiger partial charge in [0.25, 0.3) is 0 Å². The SMILES string of the molecule is Cc1cc(CNC(=O)[C@@H]2CCCO[C@H]2c2cnn(C)c2)n(C)n1. The molecule has 1 aliphatic heterocycles. The first-order valence-electron chi connectivity index (χ1n) is 7.92. The van der Waals surface area contributed by atoms with Gasteiger partial charge in [0.2, 0.25) is 5.91 Å². The molecule has 7 nitrogen and oxygen atoms in total. The molecule has 23 heavy (non-hydrogen) atoms. The van der Waals surface area contributed by atoms with Gasteiger partial charge in [-0.25, -0.2) is 0 Å². The molecule has 1 N–H and O–H groups in total. The molecule has 0 spiro atoms. The summed E-state index contributed by atoms with van der Waals surface area (Å²) in [6.07, 6.45) is 5.21. The first kappa shape index (κ1) is 15.7. The van der Waals surface area contributed by atoms with Gasteiger partial charge in [0.1, 0.15) is 0 Å². The Morgan fingerprint density at radius 1 is 1.48 bits per heavy atom. The molecule has 0 aliphatic carbocycles. The standard InChI is InChI=1S/C16H23N5O2/c1-11-7-13(21(3)19-11)9-17-16(22)14-5-4-6-23-15(14)12-8-18-20(2)10-12/h7-8,10,14-15H,4-6,9H2,1-3H3,(H,17,22)/t14-,15+/m1/s1. The van der Waals surface area contributed by atoms with Crippen LogP contribution in [-0.2, 0) is 30.2 Å². The zero-order valence-electron chi connectivity index (χ0n) is 13.8. The van der Waals surface area contributed by atoms with Gasteiger partial charge in [0.05, 0.1) is 36.2 Å². The fourth-order valence-corrected chi connectivity index (χ4v) is 3.10. The van der Waals surface area contributed by atoms with Crippen LogP contribution >= 0.6 is 0 Å². The average Bonchev–Trinajstić information content (AvgIpc) is 3.10. The van der Waals surface area contributed by atoms with Crippen LogP contribution in [0.4, 0.5) is 0 Å². The van der Waals surface area contributed by atoms with Crippen molar-refractivity contribution in [2.24, 2.45) is 20.0 Å². The molecule has 0 radical (unpaired) electrons. The Kier molecular flexibility index (Phi) is 4.47. The van der Waals surface area contributed by atoms with Crippen molar-refractivity contribution in [1.29, 1.82) is 0 Å². The Hall–Kier alpha value is -2.15. The number of aryl methyl sites for hydroxylation is 3. The molecule has 1 aliphatic rings. The van der Waals surface area contributed by atoms with E-state index in [1.54, 1.807) is 15.6 Å². The number of hydrogen-bond acceptors (Lipinski definition) is 4. The maximum Gasteiger partial charge on any atom is 0.226 e. The first-order valence-corrected chi connectivity index (χ1v) is 7.92.